The number of carbonyl (C=O) groups is 1. The lowest BCUT2D eigenvalue weighted by molar-refractivity contribution is 0.0697. The summed E-state index contributed by atoms with van der Waals surface area (Å²) >= 11 is 2.46. The van der Waals surface area contributed by atoms with Crippen molar-refractivity contribution in [3.8, 4) is 56.0 Å². The SMILES string of the molecule is CCCCCCC1(CCCCCC)c2cc(-c3ccc(-c4ccc(C(=O)O)cc4)c4nsnc34)ccc2-c2ccc(-c3ccc(N(c4ccc(OC)cc4)c4ccc(OC)cc4)c4nsnc34)cc21. The predicted octanol–water partition coefficient (Wildman–Crippen LogP) is 16.1. The summed E-state index contributed by atoms with van der Waals surface area (Å²) < 4.78 is 30.8. The summed E-state index contributed by atoms with van der Waals surface area (Å²) in [5.41, 5.74) is 18.0. The molecule has 10 rings (SSSR count). The maximum atomic E-state index is 11.6. The highest BCUT2D eigenvalue weighted by atomic mass is 32.1. The van der Waals surface area contributed by atoms with Crippen molar-refractivity contribution >= 4 is 68.6 Å². The number of ether oxygens (including phenoxy) is 2. The predicted molar refractivity (Wildman–Crippen MR) is 283 cm³/mol. The van der Waals surface area contributed by atoms with Crippen LogP contribution in [0, 0.1) is 0 Å². The van der Waals surface area contributed by atoms with Gasteiger partial charge in [-0.2, -0.15) is 17.5 Å². The van der Waals surface area contributed by atoms with Crippen molar-refractivity contribution in [3.63, 3.8) is 0 Å². The average molecular weight is 950 g/mol. The van der Waals surface area contributed by atoms with Gasteiger partial charge in [0.15, 0.2) is 0 Å². The largest absolute Gasteiger partial charge is 0.497 e. The summed E-state index contributed by atoms with van der Waals surface area (Å²) in [6.45, 7) is 4.58. The molecule has 0 fully saturated rings. The minimum Gasteiger partial charge on any atom is -0.497 e. The Bertz CT molecular complexity index is 3210. The normalized spacial score (nSPS) is 12.6. The zero-order valence-corrected chi connectivity index (χ0v) is 41.1. The third-order valence-corrected chi connectivity index (χ3v) is 15.1. The van der Waals surface area contributed by atoms with Crippen LogP contribution in [0.25, 0.3) is 66.6 Å². The monoisotopic (exact) mass is 949 g/mol. The number of rotatable bonds is 19. The van der Waals surface area contributed by atoms with Crippen LogP contribution in [-0.4, -0.2) is 42.8 Å². The van der Waals surface area contributed by atoms with Crippen LogP contribution in [0.1, 0.15) is 99.5 Å². The second-order valence-corrected chi connectivity index (χ2v) is 19.1. The number of hydrogen-bond acceptors (Lipinski definition) is 10. The van der Waals surface area contributed by atoms with Gasteiger partial charge >= 0.3 is 5.97 Å². The van der Waals surface area contributed by atoms with E-state index in [1.165, 1.54) is 84.2 Å². The molecular weight excluding hydrogens is 895 g/mol. The van der Waals surface area contributed by atoms with Gasteiger partial charge in [0.1, 0.15) is 33.6 Å². The zero-order valence-electron chi connectivity index (χ0n) is 39.5. The molecule has 1 N–H and O–H groups in total. The van der Waals surface area contributed by atoms with Gasteiger partial charge in [0, 0.05) is 33.5 Å². The zero-order chi connectivity index (χ0) is 47.5. The van der Waals surface area contributed by atoms with Gasteiger partial charge < -0.3 is 19.5 Å². The molecule has 0 bridgehead atoms. The van der Waals surface area contributed by atoms with Gasteiger partial charge in [0.2, 0.25) is 0 Å². The minimum atomic E-state index is -0.943. The summed E-state index contributed by atoms with van der Waals surface area (Å²) in [6.07, 6.45) is 11.6. The fraction of sp³-hybridized carbons (Fsp3) is 0.259. The molecule has 0 saturated heterocycles. The van der Waals surface area contributed by atoms with Crippen molar-refractivity contribution < 1.29 is 19.4 Å². The van der Waals surface area contributed by atoms with E-state index in [1.54, 1.807) is 26.4 Å². The number of nitrogens with zero attached hydrogens (tertiary/aromatic N) is 5. The van der Waals surface area contributed by atoms with E-state index >= 15 is 0 Å². The van der Waals surface area contributed by atoms with Gasteiger partial charge in [0.25, 0.3) is 0 Å². The van der Waals surface area contributed by atoms with E-state index in [1.807, 2.05) is 36.4 Å². The molecular formula is C58H55N5O4S2. The minimum absolute atomic E-state index is 0.192. The van der Waals surface area contributed by atoms with Gasteiger partial charge in [-0.05, 0) is 137 Å². The number of unbranched alkanes of at least 4 members (excludes halogenated alkanes) is 6. The van der Waals surface area contributed by atoms with E-state index in [0.29, 0.717) is 0 Å². The highest BCUT2D eigenvalue weighted by Gasteiger charge is 2.43. The van der Waals surface area contributed by atoms with Crippen molar-refractivity contribution in [1.29, 1.82) is 0 Å². The molecule has 69 heavy (non-hydrogen) atoms. The number of hydrogen-bond donors (Lipinski definition) is 1. The molecule has 7 aromatic carbocycles. The van der Waals surface area contributed by atoms with E-state index in [2.05, 4.69) is 104 Å². The first kappa shape index (κ1) is 45.8. The molecule has 348 valence electrons. The van der Waals surface area contributed by atoms with Crippen LogP contribution < -0.4 is 14.4 Å². The number of aromatic carboxylic acids is 1. The molecule has 1 aliphatic rings. The summed E-state index contributed by atoms with van der Waals surface area (Å²) in [7, 11) is 3.37. The first-order chi connectivity index (χ1) is 33.8. The smallest absolute Gasteiger partial charge is 0.335 e. The lowest BCUT2D eigenvalue weighted by Gasteiger charge is -2.33. The van der Waals surface area contributed by atoms with Crippen molar-refractivity contribution in [2.24, 2.45) is 0 Å². The topological polar surface area (TPSA) is 111 Å². The number of carboxylic acid groups (broad SMARTS) is 1. The lowest BCUT2D eigenvalue weighted by Crippen LogP contribution is -2.25. The Kier molecular flexibility index (Phi) is 13.2. The van der Waals surface area contributed by atoms with E-state index in [-0.39, 0.29) is 11.0 Å². The Labute approximate surface area is 412 Å². The quantitative estimate of drug-likeness (QED) is 0.0792. The Morgan fingerprint density at radius 3 is 1.39 bits per heavy atom. The van der Waals surface area contributed by atoms with Crippen molar-refractivity contribution in [1.82, 2.24) is 17.5 Å². The summed E-state index contributed by atoms with van der Waals surface area (Å²) in [5.74, 6) is 0.636. The van der Waals surface area contributed by atoms with E-state index in [0.717, 1.165) is 110 Å². The Balaban J connectivity index is 1.09. The lowest BCUT2D eigenvalue weighted by atomic mass is 9.70. The van der Waals surface area contributed by atoms with Crippen LogP contribution in [0.2, 0.25) is 0 Å². The standard InChI is InChI=1S/C58H55N5O4S2/c1-5-7-9-11-33-58(34-12-10-8-6-2)50-35-39(46-30-29-45(53-54(46)60-68-59-53)37-13-15-38(16-14-37)57(64)65)17-27-48(50)49-28-18-40(36-51(49)58)47-31-32-52(56-55(47)61-69-62-56)63(41-19-23-43(66-3)24-20-41)42-21-25-44(67-4)26-22-42/h13-32,35-36H,5-12,33-34H2,1-4H3,(H,64,65). The molecule has 9 nitrogen and oxygen atoms in total. The van der Waals surface area contributed by atoms with Crippen molar-refractivity contribution in [2.45, 2.75) is 83.5 Å². The Morgan fingerprint density at radius 1 is 0.507 bits per heavy atom. The average Bonchev–Trinajstić information content (AvgIpc) is 4.15. The first-order valence-electron chi connectivity index (χ1n) is 24.1. The van der Waals surface area contributed by atoms with E-state index in [4.69, 9.17) is 27.0 Å². The van der Waals surface area contributed by atoms with Gasteiger partial charge in [0.05, 0.1) is 48.9 Å². The summed E-state index contributed by atoms with van der Waals surface area (Å²) in [5, 5.41) is 9.53. The van der Waals surface area contributed by atoms with Gasteiger partial charge in [-0.3, -0.25) is 0 Å². The molecule has 2 heterocycles. The number of methoxy groups -OCH3 is 2. The fourth-order valence-corrected chi connectivity index (χ4v) is 11.6. The molecule has 9 aromatic rings. The van der Waals surface area contributed by atoms with Crippen LogP contribution in [0.4, 0.5) is 17.1 Å². The molecule has 1 aliphatic carbocycles. The number of anilines is 3. The van der Waals surface area contributed by atoms with E-state index in [9.17, 15) is 9.90 Å². The van der Waals surface area contributed by atoms with Crippen LogP contribution in [0.15, 0.2) is 133 Å². The molecule has 0 radical (unpaired) electrons. The first-order valence-corrected chi connectivity index (χ1v) is 25.5. The Morgan fingerprint density at radius 2 is 0.928 bits per heavy atom. The highest BCUT2D eigenvalue weighted by molar-refractivity contribution is 7.00. The van der Waals surface area contributed by atoms with Gasteiger partial charge in [-0.25, -0.2) is 4.79 Å². The van der Waals surface area contributed by atoms with Crippen LogP contribution in [0.3, 0.4) is 0 Å². The maximum Gasteiger partial charge on any atom is 0.335 e. The second kappa shape index (κ2) is 19.9. The molecule has 11 heteroatoms. The fourth-order valence-electron chi connectivity index (χ4n) is 10.5. The van der Waals surface area contributed by atoms with E-state index < -0.39 is 5.97 Å². The number of carboxylic acids is 1. The van der Waals surface area contributed by atoms with Crippen LogP contribution in [-0.2, 0) is 5.41 Å². The molecule has 0 spiro atoms. The van der Waals surface area contributed by atoms with Crippen LogP contribution in [0.5, 0.6) is 11.5 Å². The third-order valence-electron chi connectivity index (χ3n) is 14.1. The molecule has 0 atom stereocenters. The molecule has 0 aliphatic heterocycles. The maximum absolute atomic E-state index is 11.6. The number of fused-ring (bicyclic) bond motifs is 5. The summed E-state index contributed by atoms with van der Waals surface area (Å²) in [4.78, 5) is 13.8. The highest BCUT2D eigenvalue weighted by Crippen LogP contribution is 2.56. The number of benzene rings is 7. The molecule has 0 saturated carbocycles. The molecule has 0 amide bonds. The Hall–Kier alpha value is -6.95. The number of aromatic nitrogens is 4. The van der Waals surface area contributed by atoms with Gasteiger partial charge in [-0.1, -0.05) is 114 Å². The second-order valence-electron chi connectivity index (χ2n) is 18.1. The van der Waals surface area contributed by atoms with Gasteiger partial charge in [-0.15, -0.1) is 0 Å². The third kappa shape index (κ3) is 8.63. The summed E-state index contributed by atoms with van der Waals surface area (Å²) in [6, 6.07) is 46.1. The van der Waals surface area contributed by atoms with Crippen molar-refractivity contribution in [3.05, 3.63) is 150 Å². The van der Waals surface area contributed by atoms with Crippen molar-refractivity contribution in [2.75, 3.05) is 19.1 Å². The molecule has 2 aromatic heterocycles. The molecule has 0 unspecified atom stereocenters. The van der Waals surface area contributed by atoms with Crippen LogP contribution >= 0.6 is 23.5 Å².